The van der Waals surface area contributed by atoms with Crippen molar-refractivity contribution in [1.29, 1.82) is 0 Å². The number of hydrogen-bond donors (Lipinski definition) is 0. The SMILES string of the molecule is CCN1CCN(CC(=O)N2CCC(c3cccc(Cl)c3)C2)C(=O)C1=O. The number of piperazine rings is 1. The highest BCUT2D eigenvalue weighted by molar-refractivity contribution is 6.35. The smallest absolute Gasteiger partial charge is 0.312 e. The Kier molecular flexibility index (Phi) is 5.27. The van der Waals surface area contributed by atoms with Crippen LogP contribution in [0, 0.1) is 0 Å². The second-order valence-corrected chi connectivity index (χ2v) is 6.93. The molecule has 25 heavy (non-hydrogen) atoms. The standard InChI is InChI=1S/C18H22ClN3O3/c1-2-20-8-9-22(18(25)17(20)24)12-16(23)21-7-6-14(11-21)13-4-3-5-15(19)10-13/h3-5,10,14H,2,6-9,11-12H2,1H3. The van der Waals surface area contributed by atoms with Crippen LogP contribution in [-0.4, -0.2) is 71.7 Å². The van der Waals surface area contributed by atoms with Crippen molar-refractivity contribution in [3.63, 3.8) is 0 Å². The van der Waals surface area contributed by atoms with Gasteiger partial charge < -0.3 is 14.7 Å². The molecule has 2 aliphatic rings. The summed E-state index contributed by atoms with van der Waals surface area (Å²) in [6.07, 6.45) is 0.878. The third-order valence-corrected chi connectivity index (χ3v) is 5.20. The van der Waals surface area contributed by atoms with Crippen molar-refractivity contribution in [3.05, 3.63) is 34.9 Å². The third-order valence-electron chi connectivity index (χ3n) is 4.97. The molecule has 2 fully saturated rings. The number of likely N-dealkylation sites (N-methyl/N-ethyl adjacent to an activating group) is 1. The lowest BCUT2D eigenvalue weighted by Crippen LogP contribution is -2.56. The molecule has 1 aromatic rings. The van der Waals surface area contributed by atoms with Crippen molar-refractivity contribution >= 4 is 29.3 Å². The van der Waals surface area contributed by atoms with Crippen molar-refractivity contribution in [2.45, 2.75) is 19.3 Å². The summed E-state index contributed by atoms with van der Waals surface area (Å²) in [7, 11) is 0. The molecule has 0 saturated carbocycles. The summed E-state index contributed by atoms with van der Waals surface area (Å²) in [4.78, 5) is 41.2. The molecule has 2 saturated heterocycles. The maximum absolute atomic E-state index is 12.5. The zero-order chi connectivity index (χ0) is 18.0. The monoisotopic (exact) mass is 363 g/mol. The highest BCUT2D eigenvalue weighted by Gasteiger charge is 2.35. The van der Waals surface area contributed by atoms with E-state index in [1.54, 1.807) is 4.90 Å². The van der Waals surface area contributed by atoms with Gasteiger partial charge in [0.1, 0.15) is 6.54 Å². The number of rotatable bonds is 4. The highest BCUT2D eigenvalue weighted by Crippen LogP contribution is 2.28. The molecule has 1 atom stereocenters. The van der Waals surface area contributed by atoms with E-state index >= 15 is 0 Å². The van der Waals surface area contributed by atoms with Crippen molar-refractivity contribution < 1.29 is 14.4 Å². The van der Waals surface area contributed by atoms with Crippen molar-refractivity contribution in [2.75, 3.05) is 39.3 Å². The zero-order valence-corrected chi connectivity index (χ0v) is 15.0. The second-order valence-electron chi connectivity index (χ2n) is 6.49. The molecule has 2 heterocycles. The van der Waals surface area contributed by atoms with Crippen LogP contribution in [0.25, 0.3) is 0 Å². The number of nitrogens with zero attached hydrogens (tertiary/aromatic N) is 3. The maximum Gasteiger partial charge on any atom is 0.312 e. The Morgan fingerprint density at radius 3 is 2.60 bits per heavy atom. The number of hydrogen-bond acceptors (Lipinski definition) is 3. The molecule has 2 aliphatic heterocycles. The van der Waals surface area contributed by atoms with Gasteiger partial charge in [0, 0.05) is 43.7 Å². The summed E-state index contributed by atoms with van der Waals surface area (Å²) in [5.74, 6) is -0.931. The van der Waals surface area contributed by atoms with Gasteiger partial charge in [-0.1, -0.05) is 23.7 Å². The molecule has 0 aromatic heterocycles. The fraction of sp³-hybridized carbons (Fsp3) is 0.500. The molecule has 0 radical (unpaired) electrons. The first-order chi connectivity index (χ1) is 12.0. The lowest BCUT2D eigenvalue weighted by atomic mass is 9.99. The fourth-order valence-corrected chi connectivity index (χ4v) is 3.65. The normalized spacial score (nSPS) is 21.2. The van der Waals surface area contributed by atoms with Crippen LogP contribution in [0.3, 0.4) is 0 Å². The van der Waals surface area contributed by atoms with Crippen molar-refractivity contribution in [2.24, 2.45) is 0 Å². The van der Waals surface area contributed by atoms with Gasteiger partial charge in [0.2, 0.25) is 5.91 Å². The van der Waals surface area contributed by atoms with Gasteiger partial charge in [-0.05, 0) is 31.0 Å². The molecule has 3 amide bonds. The van der Waals surface area contributed by atoms with Gasteiger partial charge in [0.05, 0.1) is 0 Å². The van der Waals surface area contributed by atoms with Gasteiger partial charge in [0.15, 0.2) is 0 Å². The Labute approximate surface area is 152 Å². The molecule has 0 bridgehead atoms. The largest absolute Gasteiger partial charge is 0.341 e. The molecule has 134 valence electrons. The van der Waals surface area contributed by atoms with E-state index in [4.69, 9.17) is 11.6 Å². The van der Waals surface area contributed by atoms with Crippen LogP contribution in [0.2, 0.25) is 5.02 Å². The Morgan fingerprint density at radius 2 is 1.88 bits per heavy atom. The summed E-state index contributed by atoms with van der Waals surface area (Å²) >= 11 is 6.04. The van der Waals surface area contributed by atoms with Gasteiger partial charge in [0.25, 0.3) is 0 Å². The molecule has 0 aliphatic carbocycles. The molecule has 3 rings (SSSR count). The quantitative estimate of drug-likeness (QED) is 0.759. The van der Waals surface area contributed by atoms with Crippen LogP contribution in [0.4, 0.5) is 0 Å². The molecular formula is C18H22ClN3O3. The lowest BCUT2D eigenvalue weighted by molar-refractivity contribution is -0.157. The summed E-state index contributed by atoms with van der Waals surface area (Å²) in [5.41, 5.74) is 1.13. The van der Waals surface area contributed by atoms with Gasteiger partial charge >= 0.3 is 11.8 Å². The summed E-state index contributed by atoms with van der Waals surface area (Å²) in [6.45, 7) is 4.51. The van der Waals surface area contributed by atoms with Gasteiger partial charge in [-0.25, -0.2) is 0 Å². The van der Waals surface area contributed by atoms with Gasteiger partial charge in [-0.2, -0.15) is 0 Å². The number of halogens is 1. The molecular weight excluding hydrogens is 342 g/mol. The van der Waals surface area contributed by atoms with E-state index < -0.39 is 11.8 Å². The second kappa shape index (κ2) is 7.44. The van der Waals surface area contributed by atoms with E-state index in [1.165, 1.54) is 9.80 Å². The van der Waals surface area contributed by atoms with Gasteiger partial charge in [-0.3, -0.25) is 14.4 Å². The predicted molar refractivity (Wildman–Crippen MR) is 94.2 cm³/mol. The zero-order valence-electron chi connectivity index (χ0n) is 14.3. The van der Waals surface area contributed by atoms with Gasteiger partial charge in [-0.15, -0.1) is 0 Å². The molecule has 0 N–H and O–H groups in total. The number of carbonyl (C=O) groups is 3. The first-order valence-corrected chi connectivity index (χ1v) is 8.98. The first kappa shape index (κ1) is 17.7. The van der Waals surface area contributed by atoms with E-state index in [0.29, 0.717) is 37.7 Å². The van der Waals surface area contributed by atoms with Crippen LogP contribution < -0.4 is 0 Å². The lowest BCUT2D eigenvalue weighted by Gasteiger charge is -2.33. The molecule has 1 unspecified atom stereocenters. The Hall–Kier alpha value is -2.08. The minimum absolute atomic E-state index is 0.0234. The number of carbonyl (C=O) groups excluding carboxylic acids is 3. The Bertz CT molecular complexity index is 694. The topological polar surface area (TPSA) is 60.9 Å². The van der Waals surface area contributed by atoms with Crippen LogP contribution in [0.15, 0.2) is 24.3 Å². The fourth-order valence-electron chi connectivity index (χ4n) is 3.45. The minimum atomic E-state index is -0.577. The summed E-state index contributed by atoms with van der Waals surface area (Å²) in [5, 5.41) is 0.695. The minimum Gasteiger partial charge on any atom is -0.341 e. The van der Waals surface area contributed by atoms with Crippen LogP contribution >= 0.6 is 11.6 Å². The van der Waals surface area contributed by atoms with E-state index in [0.717, 1.165) is 12.0 Å². The highest BCUT2D eigenvalue weighted by atomic mass is 35.5. The van der Waals surface area contributed by atoms with E-state index in [-0.39, 0.29) is 18.4 Å². The van der Waals surface area contributed by atoms with E-state index in [2.05, 4.69) is 0 Å². The summed E-state index contributed by atoms with van der Waals surface area (Å²) < 4.78 is 0. The average molecular weight is 364 g/mol. The first-order valence-electron chi connectivity index (χ1n) is 8.61. The van der Waals surface area contributed by atoms with Crippen LogP contribution in [0.1, 0.15) is 24.8 Å². The Morgan fingerprint density at radius 1 is 1.16 bits per heavy atom. The molecule has 6 nitrogen and oxygen atoms in total. The molecule has 1 aromatic carbocycles. The Balaban J connectivity index is 1.58. The summed E-state index contributed by atoms with van der Waals surface area (Å²) in [6, 6.07) is 7.71. The molecule has 0 spiro atoms. The third kappa shape index (κ3) is 3.79. The number of likely N-dealkylation sites (tertiary alicyclic amines) is 1. The van der Waals surface area contributed by atoms with Crippen molar-refractivity contribution in [3.8, 4) is 0 Å². The van der Waals surface area contributed by atoms with Crippen LogP contribution in [-0.2, 0) is 14.4 Å². The molecule has 7 heteroatoms. The van der Waals surface area contributed by atoms with E-state index in [9.17, 15) is 14.4 Å². The maximum atomic E-state index is 12.5. The predicted octanol–water partition coefficient (Wildman–Crippen LogP) is 1.35. The van der Waals surface area contributed by atoms with Crippen LogP contribution in [0.5, 0.6) is 0 Å². The number of benzene rings is 1. The number of amides is 3. The van der Waals surface area contributed by atoms with E-state index in [1.807, 2.05) is 31.2 Å². The average Bonchev–Trinajstić information content (AvgIpc) is 3.09. The van der Waals surface area contributed by atoms with Crippen molar-refractivity contribution in [1.82, 2.24) is 14.7 Å².